The van der Waals surface area contributed by atoms with E-state index in [0.29, 0.717) is 11.6 Å². The summed E-state index contributed by atoms with van der Waals surface area (Å²) in [5.41, 5.74) is 0.603. The van der Waals surface area contributed by atoms with Crippen molar-refractivity contribution in [3.8, 4) is 0 Å². The Balaban J connectivity index is 1.86. The van der Waals surface area contributed by atoms with Gasteiger partial charge in [0.15, 0.2) is 0 Å². The second-order valence-electron chi connectivity index (χ2n) is 5.59. The summed E-state index contributed by atoms with van der Waals surface area (Å²) < 4.78 is 5.34. The number of carbonyl (C=O) groups is 1. The van der Waals surface area contributed by atoms with Gasteiger partial charge in [-0.25, -0.2) is 4.98 Å². The zero-order chi connectivity index (χ0) is 15.2. The van der Waals surface area contributed by atoms with Crippen molar-refractivity contribution < 1.29 is 9.53 Å². The van der Waals surface area contributed by atoms with E-state index in [-0.39, 0.29) is 5.91 Å². The lowest BCUT2D eigenvalue weighted by atomic mass is 10.2. The zero-order valence-corrected chi connectivity index (χ0v) is 13.0. The molecule has 1 unspecified atom stereocenters. The van der Waals surface area contributed by atoms with Crippen LogP contribution in [-0.4, -0.2) is 73.7 Å². The Morgan fingerprint density at radius 1 is 1.43 bits per heavy atom. The molecule has 1 saturated heterocycles. The predicted octanol–water partition coefficient (Wildman–Crippen LogP) is 0.916. The number of morpholine rings is 1. The maximum Gasteiger partial charge on any atom is 0.254 e. The highest BCUT2D eigenvalue weighted by molar-refractivity contribution is 5.93. The summed E-state index contributed by atoms with van der Waals surface area (Å²) in [5, 5.41) is 3.37. The van der Waals surface area contributed by atoms with Crippen molar-refractivity contribution in [2.75, 3.05) is 52.3 Å². The SMILES string of the molecule is CC(CN1CCOCC1)Nc1ccc(C(=O)N(C)C)cn1. The first kappa shape index (κ1) is 15.7. The van der Waals surface area contributed by atoms with Gasteiger partial charge in [-0.15, -0.1) is 0 Å². The quantitative estimate of drug-likeness (QED) is 0.874. The van der Waals surface area contributed by atoms with Gasteiger partial charge in [0.1, 0.15) is 5.82 Å². The molecule has 0 bridgehead atoms. The summed E-state index contributed by atoms with van der Waals surface area (Å²) >= 11 is 0. The second kappa shape index (κ2) is 7.38. The summed E-state index contributed by atoms with van der Waals surface area (Å²) in [6.45, 7) is 6.68. The lowest BCUT2D eigenvalue weighted by molar-refractivity contribution is 0.0368. The van der Waals surface area contributed by atoms with E-state index < -0.39 is 0 Å². The maximum absolute atomic E-state index is 11.8. The van der Waals surface area contributed by atoms with Crippen LogP contribution in [0, 0.1) is 0 Å². The van der Waals surface area contributed by atoms with Gasteiger partial charge in [0.25, 0.3) is 5.91 Å². The van der Waals surface area contributed by atoms with Crippen molar-refractivity contribution in [3.63, 3.8) is 0 Å². The molecule has 0 radical (unpaired) electrons. The molecule has 1 fully saturated rings. The van der Waals surface area contributed by atoms with Gasteiger partial charge in [-0.1, -0.05) is 0 Å². The number of nitrogens with one attached hydrogen (secondary N) is 1. The Morgan fingerprint density at radius 3 is 2.71 bits per heavy atom. The molecule has 0 aromatic carbocycles. The Hall–Kier alpha value is -1.66. The molecule has 0 aliphatic carbocycles. The van der Waals surface area contributed by atoms with Crippen molar-refractivity contribution in [3.05, 3.63) is 23.9 Å². The highest BCUT2D eigenvalue weighted by atomic mass is 16.5. The van der Waals surface area contributed by atoms with Gasteiger partial charge in [0.05, 0.1) is 18.8 Å². The fourth-order valence-corrected chi connectivity index (χ4v) is 2.33. The molecule has 2 heterocycles. The largest absolute Gasteiger partial charge is 0.379 e. The lowest BCUT2D eigenvalue weighted by Crippen LogP contribution is -2.42. The average molecular weight is 292 g/mol. The molecule has 6 heteroatoms. The van der Waals surface area contributed by atoms with E-state index in [1.54, 1.807) is 31.3 Å². The van der Waals surface area contributed by atoms with Crippen LogP contribution in [0.15, 0.2) is 18.3 Å². The van der Waals surface area contributed by atoms with E-state index in [1.807, 2.05) is 6.07 Å². The number of hydrogen-bond donors (Lipinski definition) is 1. The summed E-state index contributed by atoms with van der Waals surface area (Å²) in [7, 11) is 3.47. The average Bonchev–Trinajstić information content (AvgIpc) is 2.48. The fourth-order valence-electron chi connectivity index (χ4n) is 2.33. The fraction of sp³-hybridized carbons (Fsp3) is 0.600. The number of rotatable bonds is 5. The summed E-state index contributed by atoms with van der Waals surface area (Å²) in [5.74, 6) is 0.765. The molecule has 21 heavy (non-hydrogen) atoms. The molecule has 1 atom stereocenters. The van der Waals surface area contributed by atoms with Crippen molar-refractivity contribution >= 4 is 11.7 Å². The van der Waals surface area contributed by atoms with Crippen LogP contribution in [0.2, 0.25) is 0 Å². The Morgan fingerprint density at radius 2 is 2.14 bits per heavy atom. The van der Waals surface area contributed by atoms with Crippen molar-refractivity contribution in [1.29, 1.82) is 0 Å². The molecule has 0 spiro atoms. The normalized spacial score (nSPS) is 17.3. The Labute approximate surface area is 126 Å². The molecule has 1 aliphatic heterocycles. The number of aromatic nitrogens is 1. The van der Waals surface area contributed by atoms with E-state index in [4.69, 9.17) is 4.74 Å². The van der Waals surface area contributed by atoms with Gasteiger partial charge >= 0.3 is 0 Å². The van der Waals surface area contributed by atoms with Gasteiger partial charge in [-0.2, -0.15) is 0 Å². The zero-order valence-electron chi connectivity index (χ0n) is 13.0. The minimum atomic E-state index is -0.0320. The molecule has 1 aromatic heterocycles. The summed E-state index contributed by atoms with van der Waals surface area (Å²) in [4.78, 5) is 20.0. The van der Waals surface area contributed by atoms with Crippen LogP contribution >= 0.6 is 0 Å². The number of hydrogen-bond acceptors (Lipinski definition) is 5. The number of nitrogens with zero attached hydrogens (tertiary/aromatic N) is 3. The molecule has 0 saturated carbocycles. The predicted molar refractivity (Wildman–Crippen MR) is 82.6 cm³/mol. The topological polar surface area (TPSA) is 57.7 Å². The first-order chi connectivity index (χ1) is 10.1. The first-order valence-corrected chi connectivity index (χ1v) is 7.30. The minimum absolute atomic E-state index is 0.0320. The van der Waals surface area contributed by atoms with E-state index in [1.165, 1.54) is 0 Å². The Bertz CT molecular complexity index is 455. The molecule has 1 N–H and O–H groups in total. The third kappa shape index (κ3) is 4.68. The monoisotopic (exact) mass is 292 g/mol. The van der Waals surface area contributed by atoms with E-state index in [2.05, 4.69) is 22.1 Å². The lowest BCUT2D eigenvalue weighted by Gasteiger charge is -2.29. The molecular weight excluding hydrogens is 268 g/mol. The molecule has 1 aliphatic rings. The minimum Gasteiger partial charge on any atom is -0.379 e. The van der Waals surface area contributed by atoms with Gasteiger partial charge in [-0.3, -0.25) is 9.69 Å². The van der Waals surface area contributed by atoms with Crippen LogP contribution in [0.1, 0.15) is 17.3 Å². The third-order valence-electron chi connectivity index (χ3n) is 3.45. The number of amides is 1. The number of carbonyl (C=O) groups excluding carboxylic acids is 1. The summed E-state index contributed by atoms with van der Waals surface area (Å²) in [6.07, 6.45) is 1.62. The van der Waals surface area contributed by atoms with Crippen LogP contribution in [0.4, 0.5) is 5.82 Å². The maximum atomic E-state index is 11.8. The van der Waals surface area contributed by atoms with E-state index >= 15 is 0 Å². The number of ether oxygens (including phenoxy) is 1. The number of pyridine rings is 1. The van der Waals surface area contributed by atoms with Gasteiger partial charge in [-0.05, 0) is 19.1 Å². The van der Waals surface area contributed by atoms with E-state index in [0.717, 1.165) is 38.7 Å². The van der Waals surface area contributed by atoms with Crippen molar-refractivity contribution in [2.24, 2.45) is 0 Å². The van der Waals surface area contributed by atoms with Crippen molar-refractivity contribution in [1.82, 2.24) is 14.8 Å². The van der Waals surface area contributed by atoms with Gasteiger partial charge in [0, 0.05) is 46.0 Å². The van der Waals surface area contributed by atoms with Crippen LogP contribution in [0.3, 0.4) is 0 Å². The van der Waals surface area contributed by atoms with Gasteiger partial charge < -0.3 is 15.0 Å². The molecule has 2 rings (SSSR count). The van der Waals surface area contributed by atoms with Crippen LogP contribution < -0.4 is 5.32 Å². The highest BCUT2D eigenvalue weighted by Gasteiger charge is 2.14. The molecule has 6 nitrogen and oxygen atoms in total. The molecular formula is C15H24N4O2. The molecule has 1 aromatic rings. The highest BCUT2D eigenvalue weighted by Crippen LogP contribution is 2.09. The molecule has 116 valence electrons. The third-order valence-corrected chi connectivity index (χ3v) is 3.45. The number of anilines is 1. The first-order valence-electron chi connectivity index (χ1n) is 7.30. The van der Waals surface area contributed by atoms with E-state index in [9.17, 15) is 4.79 Å². The van der Waals surface area contributed by atoms with Crippen LogP contribution in [0.5, 0.6) is 0 Å². The smallest absolute Gasteiger partial charge is 0.254 e. The molecule has 1 amide bonds. The second-order valence-corrected chi connectivity index (χ2v) is 5.59. The standard InChI is InChI=1S/C15H24N4O2/c1-12(11-19-6-8-21-9-7-19)17-14-5-4-13(10-16-14)15(20)18(2)3/h4-5,10,12H,6-9,11H2,1-3H3,(H,16,17). The van der Waals surface area contributed by atoms with Gasteiger partial charge in [0.2, 0.25) is 0 Å². The van der Waals surface area contributed by atoms with Crippen molar-refractivity contribution in [2.45, 2.75) is 13.0 Å². The van der Waals surface area contributed by atoms with Crippen LogP contribution in [0.25, 0.3) is 0 Å². The Kier molecular flexibility index (Phi) is 5.52. The van der Waals surface area contributed by atoms with Crippen LogP contribution in [-0.2, 0) is 4.74 Å². The summed E-state index contributed by atoms with van der Waals surface area (Å²) in [6, 6.07) is 3.96.